The van der Waals surface area contributed by atoms with Crippen LogP contribution in [-0.2, 0) is 9.59 Å². The smallest absolute Gasteiger partial charge is 0.332 e. The maximum Gasteiger partial charge on any atom is 0.332 e. The standard InChI is InChI=1S/C12H8BrNO4/c1-6(12(17)18)5-14-9-7(10(15)11(14)16)3-2-4-8(9)13/h2-4H,1,5H2,(H,17,18). The molecule has 0 aliphatic carbocycles. The molecule has 1 aromatic rings. The van der Waals surface area contributed by atoms with E-state index in [1.54, 1.807) is 12.1 Å². The van der Waals surface area contributed by atoms with E-state index in [9.17, 15) is 14.4 Å². The highest BCUT2D eigenvalue weighted by Crippen LogP contribution is 2.36. The highest BCUT2D eigenvalue weighted by molar-refractivity contribution is 9.10. The van der Waals surface area contributed by atoms with Gasteiger partial charge in [-0.2, -0.15) is 0 Å². The van der Waals surface area contributed by atoms with E-state index in [1.165, 1.54) is 6.07 Å². The van der Waals surface area contributed by atoms with Crippen LogP contribution in [0.4, 0.5) is 5.69 Å². The Morgan fingerprint density at radius 3 is 2.67 bits per heavy atom. The van der Waals surface area contributed by atoms with Crippen LogP contribution in [0.3, 0.4) is 0 Å². The Labute approximate surface area is 111 Å². The second kappa shape index (κ2) is 4.38. The van der Waals surface area contributed by atoms with Crippen molar-refractivity contribution < 1.29 is 19.5 Å². The number of carboxylic acids is 1. The number of benzene rings is 1. The number of halogens is 1. The summed E-state index contributed by atoms with van der Waals surface area (Å²) in [4.78, 5) is 35.4. The third-order valence-electron chi connectivity index (χ3n) is 2.59. The van der Waals surface area contributed by atoms with Crippen LogP contribution < -0.4 is 4.90 Å². The summed E-state index contributed by atoms with van der Waals surface area (Å²) in [5.74, 6) is -2.57. The van der Waals surface area contributed by atoms with Crippen molar-refractivity contribution in [2.45, 2.75) is 0 Å². The second-order valence-electron chi connectivity index (χ2n) is 3.77. The Kier molecular flexibility index (Phi) is 3.04. The number of carbonyl (C=O) groups excluding carboxylic acids is 2. The van der Waals surface area contributed by atoms with Gasteiger partial charge in [0.2, 0.25) is 0 Å². The SMILES string of the molecule is C=C(CN1C(=O)C(=O)c2cccc(Br)c21)C(=O)O. The Hall–Kier alpha value is -1.95. The average molecular weight is 310 g/mol. The summed E-state index contributed by atoms with van der Waals surface area (Å²) in [6.45, 7) is 3.15. The minimum atomic E-state index is -1.20. The van der Waals surface area contributed by atoms with Crippen molar-refractivity contribution in [3.05, 3.63) is 40.4 Å². The molecule has 0 aromatic heterocycles. The first-order valence-corrected chi connectivity index (χ1v) is 5.78. The van der Waals surface area contributed by atoms with Gasteiger partial charge < -0.3 is 5.11 Å². The molecule has 0 radical (unpaired) electrons. The number of fused-ring (bicyclic) bond motifs is 1. The van der Waals surface area contributed by atoms with Gasteiger partial charge in [-0.15, -0.1) is 0 Å². The summed E-state index contributed by atoms with van der Waals surface area (Å²) in [6, 6.07) is 4.86. The van der Waals surface area contributed by atoms with Crippen LogP contribution in [0.5, 0.6) is 0 Å². The molecule has 5 nitrogen and oxygen atoms in total. The van der Waals surface area contributed by atoms with E-state index in [4.69, 9.17) is 5.11 Å². The molecule has 1 aromatic carbocycles. The van der Waals surface area contributed by atoms with E-state index in [2.05, 4.69) is 22.5 Å². The molecule has 0 saturated heterocycles. The van der Waals surface area contributed by atoms with Crippen LogP contribution in [0.15, 0.2) is 34.8 Å². The van der Waals surface area contributed by atoms with Crippen LogP contribution >= 0.6 is 15.9 Å². The van der Waals surface area contributed by atoms with Gasteiger partial charge in [0.1, 0.15) is 0 Å². The van der Waals surface area contributed by atoms with Crippen LogP contribution in [0.1, 0.15) is 10.4 Å². The van der Waals surface area contributed by atoms with Crippen LogP contribution in [-0.4, -0.2) is 29.3 Å². The lowest BCUT2D eigenvalue weighted by molar-refractivity contribution is -0.132. The van der Waals surface area contributed by atoms with E-state index in [1.807, 2.05) is 0 Å². The number of aliphatic carboxylic acids is 1. The minimum Gasteiger partial charge on any atom is -0.478 e. The quantitative estimate of drug-likeness (QED) is 0.680. The molecule has 0 spiro atoms. The number of carbonyl (C=O) groups is 3. The van der Waals surface area contributed by atoms with E-state index >= 15 is 0 Å². The summed E-state index contributed by atoms with van der Waals surface area (Å²) in [7, 11) is 0. The first kappa shape index (κ1) is 12.5. The molecule has 0 saturated carbocycles. The maximum absolute atomic E-state index is 11.8. The Balaban J connectivity index is 2.46. The van der Waals surface area contributed by atoms with Crippen LogP contribution in [0, 0.1) is 0 Å². The number of rotatable bonds is 3. The van der Waals surface area contributed by atoms with Gasteiger partial charge in [-0.25, -0.2) is 4.79 Å². The van der Waals surface area contributed by atoms with Gasteiger partial charge >= 0.3 is 5.97 Å². The maximum atomic E-state index is 11.8. The number of nitrogens with zero attached hydrogens (tertiary/aromatic N) is 1. The van der Waals surface area contributed by atoms with Gasteiger partial charge in [-0.05, 0) is 28.1 Å². The fourth-order valence-electron chi connectivity index (χ4n) is 1.72. The predicted octanol–water partition coefficient (Wildman–Crippen LogP) is 1.62. The van der Waals surface area contributed by atoms with Gasteiger partial charge in [-0.3, -0.25) is 14.5 Å². The molecule has 6 heteroatoms. The topological polar surface area (TPSA) is 74.7 Å². The zero-order valence-corrected chi connectivity index (χ0v) is 10.7. The third kappa shape index (κ3) is 1.84. The number of carboxylic acid groups (broad SMARTS) is 1. The summed E-state index contributed by atoms with van der Waals surface area (Å²) < 4.78 is 0.567. The van der Waals surface area contributed by atoms with Crippen LogP contribution in [0.2, 0.25) is 0 Å². The molecule has 0 fully saturated rings. The lowest BCUT2D eigenvalue weighted by Crippen LogP contribution is -2.33. The Bertz CT molecular complexity index is 594. The van der Waals surface area contributed by atoms with Crippen molar-refractivity contribution >= 4 is 39.3 Å². The molecule has 0 bridgehead atoms. The van der Waals surface area contributed by atoms with E-state index < -0.39 is 17.7 Å². The predicted molar refractivity (Wildman–Crippen MR) is 67.6 cm³/mol. The highest BCUT2D eigenvalue weighted by Gasteiger charge is 2.37. The molecular weight excluding hydrogens is 302 g/mol. The van der Waals surface area contributed by atoms with E-state index in [0.29, 0.717) is 10.2 Å². The Morgan fingerprint density at radius 2 is 2.06 bits per heavy atom. The minimum absolute atomic E-state index is 0.153. The Morgan fingerprint density at radius 1 is 1.39 bits per heavy atom. The monoisotopic (exact) mass is 309 g/mol. The second-order valence-corrected chi connectivity index (χ2v) is 4.62. The number of amides is 1. The molecule has 1 heterocycles. The van der Waals surface area contributed by atoms with Gasteiger partial charge in [0.05, 0.1) is 17.8 Å². The summed E-state index contributed by atoms with van der Waals surface area (Å²) >= 11 is 3.25. The molecule has 18 heavy (non-hydrogen) atoms. The van der Waals surface area contributed by atoms with Crippen molar-refractivity contribution in [3.8, 4) is 0 Å². The first-order valence-electron chi connectivity index (χ1n) is 4.99. The molecular formula is C12H8BrNO4. The van der Waals surface area contributed by atoms with Gasteiger partial charge in [0.25, 0.3) is 11.7 Å². The number of ketones is 1. The van der Waals surface area contributed by atoms with E-state index in [0.717, 1.165) is 4.90 Å². The molecule has 1 aliphatic heterocycles. The number of para-hydroxylation sites is 1. The molecule has 1 N–H and O–H groups in total. The van der Waals surface area contributed by atoms with Crippen molar-refractivity contribution in [2.75, 3.05) is 11.4 Å². The third-order valence-corrected chi connectivity index (χ3v) is 3.23. The van der Waals surface area contributed by atoms with Gasteiger partial charge in [0, 0.05) is 10.0 Å². The lowest BCUT2D eigenvalue weighted by atomic mass is 10.1. The fourth-order valence-corrected chi connectivity index (χ4v) is 2.30. The highest BCUT2D eigenvalue weighted by atomic mass is 79.9. The van der Waals surface area contributed by atoms with Gasteiger partial charge in [0.15, 0.2) is 0 Å². The number of hydrogen-bond acceptors (Lipinski definition) is 3. The molecule has 92 valence electrons. The van der Waals surface area contributed by atoms with Crippen molar-refractivity contribution in [1.82, 2.24) is 0 Å². The largest absolute Gasteiger partial charge is 0.478 e. The first-order chi connectivity index (χ1) is 8.43. The number of hydrogen-bond donors (Lipinski definition) is 1. The molecule has 1 amide bonds. The number of anilines is 1. The average Bonchev–Trinajstić information content (AvgIpc) is 2.56. The van der Waals surface area contributed by atoms with Gasteiger partial charge in [-0.1, -0.05) is 12.6 Å². The van der Waals surface area contributed by atoms with Crippen molar-refractivity contribution in [1.29, 1.82) is 0 Å². The molecule has 1 aliphatic rings. The lowest BCUT2D eigenvalue weighted by Gasteiger charge is -2.17. The summed E-state index contributed by atoms with van der Waals surface area (Å²) in [6.07, 6.45) is 0. The van der Waals surface area contributed by atoms with Crippen molar-refractivity contribution in [2.24, 2.45) is 0 Å². The van der Waals surface area contributed by atoms with Crippen LogP contribution in [0.25, 0.3) is 0 Å². The zero-order chi connectivity index (χ0) is 13.4. The summed E-state index contributed by atoms with van der Waals surface area (Å²) in [5.41, 5.74) is 0.516. The van der Waals surface area contributed by atoms with E-state index in [-0.39, 0.29) is 17.7 Å². The molecule has 0 atom stereocenters. The molecule has 2 rings (SSSR count). The van der Waals surface area contributed by atoms with Crippen molar-refractivity contribution in [3.63, 3.8) is 0 Å². The summed E-state index contributed by atoms with van der Waals surface area (Å²) in [5, 5.41) is 8.78. The number of Topliss-reactive ketones (excluding diaryl/α,β-unsaturated/α-hetero) is 1. The molecule has 0 unspecified atom stereocenters. The zero-order valence-electron chi connectivity index (χ0n) is 9.14. The normalized spacial score (nSPS) is 13.7. The fraction of sp³-hybridized carbons (Fsp3) is 0.0833.